The van der Waals surface area contributed by atoms with Crippen molar-refractivity contribution in [1.82, 2.24) is 0 Å². The Morgan fingerprint density at radius 2 is 2.25 bits per heavy atom. The predicted molar refractivity (Wildman–Crippen MR) is 58.0 cm³/mol. The second-order valence-electron chi connectivity index (χ2n) is 3.13. The maximum Gasteiger partial charge on any atom is 0.310 e. The Balaban J connectivity index is 2.84. The minimum atomic E-state index is -0.295. The van der Waals surface area contributed by atoms with Crippen molar-refractivity contribution >= 4 is 5.97 Å². The molecule has 0 spiro atoms. The van der Waals surface area contributed by atoms with Crippen molar-refractivity contribution < 1.29 is 14.3 Å². The average Bonchev–Trinajstić information content (AvgIpc) is 2.29. The summed E-state index contributed by atoms with van der Waals surface area (Å²) in [6, 6.07) is 7.07. The van der Waals surface area contributed by atoms with Crippen LogP contribution in [0, 0.1) is 11.3 Å². The Kier molecular flexibility index (Phi) is 4.34. The summed E-state index contributed by atoms with van der Waals surface area (Å²) in [5.41, 5.74) is 1.17. The molecular weight excluding hydrogens is 206 g/mol. The molecule has 0 aliphatic rings. The number of esters is 1. The van der Waals surface area contributed by atoms with Crippen LogP contribution in [0.5, 0.6) is 5.75 Å². The monoisotopic (exact) mass is 219 g/mol. The standard InChI is InChI=1S/C12H13NO3/c1-3-16-12(14)7-9-4-5-11(15-2)10(6-9)8-13/h4-6H,3,7H2,1-2H3. The van der Waals surface area contributed by atoms with Crippen molar-refractivity contribution in [3.8, 4) is 11.8 Å². The van der Waals surface area contributed by atoms with Crippen LogP contribution < -0.4 is 4.74 Å². The number of hydrogen-bond acceptors (Lipinski definition) is 4. The maximum atomic E-state index is 11.2. The summed E-state index contributed by atoms with van der Waals surface area (Å²) in [6.45, 7) is 2.12. The van der Waals surface area contributed by atoms with Crippen molar-refractivity contribution in [1.29, 1.82) is 5.26 Å². The number of nitriles is 1. The lowest BCUT2D eigenvalue weighted by Crippen LogP contribution is -2.07. The highest BCUT2D eigenvalue weighted by molar-refractivity contribution is 5.72. The summed E-state index contributed by atoms with van der Waals surface area (Å²) >= 11 is 0. The van der Waals surface area contributed by atoms with Gasteiger partial charge in [0.15, 0.2) is 0 Å². The highest BCUT2D eigenvalue weighted by atomic mass is 16.5. The molecule has 0 aliphatic heterocycles. The van der Waals surface area contributed by atoms with Gasteiger partial charge in [-0.3, -0.25) is 4.79 Å². The van der Waals surface area contributed by atoms with E-state index < -0.39 is 0 Å². The molecule has 4 heteroatoms. The molecule has 0 atom stereocenters. The van der Waals surface area contributed by atoms with Crippen LogP contribution in [0.15, 0.2) is 18.2 Å². The van der Waals surface area contributed by atoms with Gasteiger partial charge in [-0.25, -0.2) is 0 Å². The SMILES string of the molecule is CCOC(=O)Cc1ccc(OC)c(C#N)c1. The number of methoxy groups -OCH3 is 1. The Bertz CT molecular complexity index is 421. The number of benzene rings is 1. The zero-order valence-electron chi connectivity index (χ0n) is 9.32. The molecule has 0 bridgehead atoms. The van der Waals surface area contributed by atoms with Gasteiger partial charge in [0.1, 0.15) is 11.8 Å². The molecule has 0 unspecified atom stereocenters. The molecule has 1 aromatic carbocycles. The quantitative estimate of drug-likeness (QED) is 0.723. The molecule has 16 heavy (non-hydrogen) atoms. The third-order valence-electron chi connectivity index (χ3n) is 2.04. The number of ether oxygens (including phenoxy) is 2. The third kappa shape index (κ3) is 2.99. The number of carbonyl (C=O) groups is 1. The van der Waals surface area contributed by atoms with Crippen LogP contribution in [0.2, 0.25) is 0 Å². The van der Waals surface area contributed by atoms with Gasteiger partial charge in [-0.15, -0.1) is 0 Å². The lowest BCUT2D eigenvalue weighted by molar-refractivity contribution is -0.142. The molecule has 0 saturated heterocycles. The second kappa shape index (κ2) is 5.76. The second-order valence-corrected chi connectivity index (χ2v) is 3.13. The highest BCUT2D eigenvalue weighted by Gasteiger charge is 2.07. The minimum absolute atomic E-state index is 0.173. The Hall–Kier alpha value is -2.02. The molecule has 1 aromatic rings. The van der Waals surface area contributed by atoms with Crippen LogP contribution in [-0.2, 0) is 16.0 Å². The number of carbonyl (C=O) groups excluding carboxylic acids is 1. The van der Waals surface area contributed by atoms with Gasteiger partial charge in [0.2, 0.25) is 0 Å². The van der Waals surface area contributed by atoms with E-state index in [4.69, 9.17) is 14.7 Å². The molecule has 4 nitrogen and oxygen atoms in total. The van der Waals surface area contributed by atoms with E-state index in [0.717, 1.165) is 5.56 Å². The van der Waals surface area contributed by atoms with Crippen LogP contribution in [0.25, 0.3) is 0 Å². The molecular formula is C12H13NO3. The zero-order valence-corrected chi connectivity index (χ0v) is 9.32. The van der Waals surface area contributed by atoms with E-state index in [1.165, 1.54) is 7.11 Å². The fourth-order valence-corrected chi connectivity index (χ4v) is 1.33. The fourth-order valence-electron chi connectivity index (χ4n) is 1.33. The molecule has 0 aromatic heterocycles. The summed E-state index contributed by atoms with van der Waals surface area (Å²) in [4.78, 5) is 11.2. The smallest absolute Gasteiger partial charge is 0.310 e. The molecule has 1 rings (SSSR count). The summed E-state index contributed by atoms with van der Waals surface area (Å²) in [7, 11) is 1.50. The third-order valence-corrected chi connectivity index (χ3v) is 2.04. The van der Waals surface area contributed by atoms with Crippen LogP contribution in [0.4, 0.5) is 0 Å². The van der Waals surface area contributed by atoms with E-state index in [1.807, 2.05) is 6.07 Å². The minimum Gasteiger partial charge on any atom is -0.495 e. The average molecular weight is 219 g/mol. The van der Waals surface area contributed by atoms with E-state index in [1.54, 1.807) is 25.1 Å². The van der Waals surface area contributed by atoms with Crippen molar-refractivity contribution in [3.63, 3.8) is 0 Å². The summed E-state index contributed by atoms with van der Waals surface area (Å²) in [5, 5.41) is 8.87. The normalized spacial score (nSPS) is 9.31. The first-order valence-corrected chi connectivity index (χ1v) is 4.94. The van der Waals surface area contributed by atoms with Gasteiger partial charge in [-0.05, 0) is 24.6 Å². The van der Waals surface area contributed by atoms with Gasteiger partial charge in [0.25, 0.3) is 0 Å². The van der Waals surface area contributed by atoms with E-state index in [0.29, 0.717) is 17.9 Å². The van der Waals surface area contributed by atoms with Gasteiger partial charge in [-0.2, -0.15) is 5.26 Å². The van der Waals surface area contributed by atoms with E-state index in [9.17, 15) is 4.79 Å². The van der Waals surface area contributed by atoms with E-state index in [2.05, 4.69) is 0 Å². The van der Waals surface area contributed by atoms with Crippen molar-refractivity contribution in [2.75, 3.05) is 13.7 Å². The van der Waals surface area contributed by atoms with Gasteiger partial charge < -0.3 is 9.47 Å². The molecule has 0 N–H and O–H groups in total. The molecule has 0 amide bonds. The summed E-state index contributed by atoms with van der Waals surface area (Å²) in [5.74, 6) is 0.215. The van der Waals surface area contributed by atoms with Gasteiger partial charge in [0.05, 0.1) is 25.7 Å². The number of nitrogens with zero attached hydrogens (tertiary/aromatic N) is 1. The molecule has 0 fully saturated rings. The maximum absolute atomic E-state index is 11.2. The summed E-state index contributed by atoms with van der Waals surface area (Å²) in [6.07, 6.45) is 0.173. The first kappa shape index (κ1) is 12.1. The van der Waals surface area contributed by atoms with E-state index in [-0.39, 0.29) is 12.4 Å². The first-order valence-electron chi connectivity index (χ1n) is 4.94. The molecule has 84 valence electrons. The van der Waals surface area contributed by atoms with Gasteiger partial charge in [-0.1, -0.05) is 6.07 Å². The van der Waals surface area contributed by atoms with Crippen LogP contribution in [0.1, 0.15) is 18.1 Å². The van der Waals surface area contributed by atoms with Crippen molar-refractivity contribution in [2.45, 2.75) is 13.3 Å². The highest BCUT2D eigenvalue weighted by Crippen LogP contribution is 2.19. The lowest BCUT2D eigenvalue weighted by Gasteiger charge is -2.05. The molecule has 0 heterocycles. The molecule has 0 saturated carbocycles. The van der Waals surface area contributed by atoms with Crippen molar-refractivity contribution in [2.24, 2.45) is 0 Å². The fraction of sp³-hybridized carbons (Fsp3) is 0.333. The first-order chi connectivity index (χ1) is 7.71. The Morgan fingerprint density at radius 1 is 1.50 bits per heavy atom. The predicted octanol–water partition coefficient (Wildman–Crippen LogP) is 1.67. The van der Waals surface area contributed by atoms with Crippen LogP contribution in [0.3, 0.4) is 0 Å². The molecule has 0 aliphatic carbocycles. The Labute approximate surface area is 94.4 Å². The van der Waals surface area contributed by atoms with Crippen LogP contribution in [-0.4, -0.2) is 19.7 Å². The largest absolute Gasteiger partial charge is 0.495 e. The Morgan fingerprint density at radius 3 is 2.81 bits per heavy atom. The van der Waals surface area contributed by atoms with Gasteiger partial charge in [0, 0.05) is 0 Å². The van der Waals surface area contributed by atoms with E-state index >= 15 is 0 Å². The zero-order chi connectivity index (χ0) is 12.0. The number of hydrogen-bond donors (Lipinski definition) is 0. The topological polar surface area (TPSA) is 59.3 Å². The summed E-state index contributed by atoms with van der Waals surface area (Å²) < 4.78 is 9.83. The van der Waals surface area contributed by atoms with Crippen molar-refractivity contribution in [3.05, 3.63) is 29.3 Å². The van der Waals surface area contributed by atoms with Crippen LogP contribution >= 0.6 is 0 Å². The number of rotatable bonds is 4. The lowest BCUT2D eigenvalue weighted by atomic mass is 10.1. The molecule has 0 radical (unpaired) electrons. The van der Waals surface area contributed by atoms with Gasteiger partial charge >= 0.3 is 5.97 Å².